The summed E-state index contributed by atoms with van der Waals surface area (Å²) in [5.41, 5.74) is 2.00. The Morgan fingerprint density at radius 3 is 2.52 bits per heavy atom. The fourth-order valence-electron chi connectivity index (χ4n) is 3.34. The molecule has 1 aliphatic carbocycles. The fraction of sp³-hybridized carbons (Fsp3) is 0.455. The summed E-state index contributed by atoms with van der Waals surface area (Å²) >= 11 is 1.52. The molecule has 0 aromatic heterocycles. The molecule has 1 fully saturated rings. The molecular formula is C22H28F2N2O2S. The van der Waals surface area contributed by atoms with E-state index in [1.807, 2.05) is 6.92 Å². The SMILES string of the molecule is COc1cc(C)c(F)c(Nc2ccc(C)cc2F)c1NSC1(CC(C)CO)CC1. The van der Waals surface area contributed by atoms with Crippen molar-refractivity contribution >= 4 is 29.0 Å². The third-order valence-electron chi connectivity index (χ3n) is 5.22. The van der Waals surface area contributed by atoms with E-state index < -0.39 is 11.6 Å². The number of nitrogens with one attached hydrogen (secondary N) is 2. The van der Waals surface area contributed by atoms with E-state index in [1.165, 1.54) is 25.1 Å². The first kappa shape index (κ1) is 21.7. The second-order valence-electron chi connectivity index (χ2n) is 7.95. The summed E-state index contributed by atoms with van der Waals surface area (Å²) in [5, 5.41) is 12.3. The van der Waals surface area contributed by atoms with Crippen LogP contribution in [-0.2, 0) is 0 Å². The van der Waals surface area contributed by atoms with E-state index in [-0.39, 0.29) is 28.6 Å². The largest absolute Gasteiger partial charge is 0.494 e. The number of aryl methyl sites for hydroxylation is 2. The standard InChI is InChI=1S/C22H28F2N2O2S/c1-13-5-6-17(16(23)9-13)25-21-19(24)15(3)10-18(28-4)20(21)26-29-22(7-8-22)11-14(2)12-27/h5-6,9-10,14,25-27H,7-8,11-12H2,1-4H3. The first-order valence-electron chi connectivity index (χ1n) is 9.73. The number of ether oxygens (including phenoxy) is 1. The first-order valence-corrected chi connectivity index (χ1v) is 10.6. The number of hydrogen-bond donors (Lipinski definition) is 3. The first-order chi connectivity index (χ1) is 13.8. The lowest BCUT2D eigenvalue weighted by atomic mass is 10.1. The maximum Gasteiger partial charge on any atom is 0.151 e. The number of aliphatic hydroxyl groups excluding tert-OH is 1. The van der Waals surface area contributed by atoms with Crippen molar-refractivity contribution in [3.8, 4) is 5.75 Å². The van der Waals surface area contributed by atoms with Crippen LogP contribution in [0.2, 0.25) is 0 Å². The van der Waals surface area contributed by atoms with Crippen molar-refractivity contribution in [1.82, 2.24) is 0 Å². The average Bonchev–Trinajstić information content (AvgIpc) is 3.45. The minimum atomic E-state index is -0.456. The highest BCUT2D eigenvalue weighted by Gasteiger charge is 2.45. The predicted octanol–water partition coefficient (Wildman–Crippen LogP) is 5.95. The molecule has 1 atom stereocenters. The molecule has 2 aromatic rings. The molecule has 0 heterocycles. The Labute approximate surface area is 175 Å². The van der Waals surface area contributed by atoms with Crippen LogP contribution >= 0.6 is 11.9 Å². The molecule has 0 saturated heterocycles. The van der Waals surface area contributed by atoms with Gasteiger partial charge >= 0.3 is 0 Å². The third kappa shape index (κ3) is 4.95. The Bertz CT molecular complexity index is 888. The molecule has 1 aliphatic rings. The number of hydrogen-bond acceptors (Lipinski definition) is 5. The highest BCUT2D eigenvalue weighted by Crippen LogP contribution is 2.54. The Morgan fingerprint density at radius 2 is 1.93 bits per heavy atom. The van der Waals surface area contributed by atoms with Gasteiger partial charge in [-0.3, -0.25) is 0 Å². The van der Waals surface area contributed by atoms with Crippen molar-refractivity contribution in [2.45, 2.75) is 44.8 Å². The van der Waals surface area contributed by atoms with Crippen molar-refractivity contribution in [1.29, 1.82) is 0 Å². The van der Waals surface area contributed by atoms with E-state index >= 15 is 4.39 Å². The van der Waals surface area contributed by atoms with Crippen molar-refractivity contribution in [3.63, 3.8) is 0 Å². The molecule has 7 heteroatoms. The molecule has 3 rings (SSSR count). The zero-order chi connectivity index (χ0) is 21.2. The van der Waals surface area contributed by atoms with Crippen LogP contribution in [-0.4, -0.2) is 23.6 Å². The summed E-state index contributed by atoms with van der Waals surface area (Å²) in [4.78, 5) is 0. The van der Waals surface area contributed by atoms with Gasteiger partial charge in [0.05, 0.1) is 12.8 Å². The Kier molecular flexibility index (Phi) is 6.58. The predicted molar refractivity (Wildman–Crippen MR) is 116 cm³/mol. The summed E-state index contributed by atoms with van der Waals surface area (Å²) in [5.74, 6) is -0.221. The molecule has 1 saturated carbocycles. The zero-order valence-corrected chi connectivity index (χ0v) is 18.1. The monoisotopic (exact) mass is 422 g/mol. The number of benzene rings is 2. The van der Waals surface area contributed by atoms with Crippen molar-refractivity contribution < 1.29 is 18.6 Å². The molecule has 1 unspecified atom stereocenters. The molecule has 0 radical (unpaired) electrons. The van der Waals surface area contributed by atoms with Crippen LogP contribution in [0.15, 0.2) is 24.3 Å². The fourth-order valence-corrected chi connectivity index (χ4v) is 4.54. The van der Waals surface area contributed by atoms with E-state index in [4.69, 9.17) is 4.74 Å². The van der Waals surface area contributed by atoms with Crippen LogP contribution in [0.25, 0.3) is 0 Å². The number of methoxy groups -OCH3 is 1. The molecule has 0 spiro atoms. The maximum atomic E-state index is 15.1. The van der Waals surface area contributed by atoms with E-state index in [0.717, 1.165) is 24.8 Å². The molecule has 3 N–H and O–H groups in total. The van der Waals surface area contributed by atoms with Gasteiger partial charge in [0.2, 0.25) is 0 Å². The van der Waals surface area contributed by atoms with Crippen molar-refractivity contribution in [3.05, 3.63) is 47.0 Å². The molecular weight excluding hydrogens is 394 g/mol. The molecule has 4 nitrogen and oxygen atoms in total. The molecule has 0 bridgehead atoms. The Morgan fingerprint density at radius 1 is 1.21 bits per heavy atom. The van der Waals surface area contributed by atoms with Gasteiger partial charge in [0.25, 0.3) is 0 Å². The van der Waals surface area contributed by atoms with Crippen LogP contribution < -0.4 is 14.8 Å². The van der Waals surface area contributed by atoms with Gasteiger partial charge in [-0.2, -0.15) is 0 Å². The second-order valence-corrected chi connectivity index (χ2v) is 9.22. The third-order valence-corrected chi connectivity index (χ3v) is 6.54. The second kappa shape index (κ2) is 8.79. The highest BCUT2D eigenvalue weighted by molar-refractivity contribution is 8.02. The lowest BCUT2D eigenvalue weighted by molar-refractivity contribution is 0.228. The minimum absolute atomic E-state index is 0.0148. The van der Waals surface area contributed by atoms with Crippen LogP contribution in [0.1, 0.15) is 37.3 Å². The quantitative estimate of drug-likeness (QED) is 0.436. The van der Waals surface area contributed by atoms with Gasteiger partial charge in [-0.15, -0.1) is 0 Å². The van der Waals surface area contributed by atoms with E-state index in [0.29, 0.717) is 17.0 Å². The Balaban J connectivity index is 1.92. The van der Waals surface area contributed by atoms with Gasteiger partial charge in [-0.1, -0.05) is 13.0 Å². The maximum absolute atomic E-state index is 15.1. The zero-order valence-electron chi connectivity index (χ0n) is 17.2. The van der Waals surface area contributed by atoms with Crippen molar-refractivity contribution in [2.24, 2.45) is 5.92 Å². The van der Waals surface area contributed by atoms with Crippen molar-refractivity contribution in [2.75, 3.05) is 23.8 Å². The van der Waals surface area contributed by atoms with Gasteiger partial charge in [0.1, 0.15) is 22.9 Å². The van der Waals surface area contributed by atoms with E-state index in [1.54, 1.807) is 32.0 Å². The number of anilines is 3. The molecule has 158 valence electrons. The average molecular weight is 423 g/mol. The summed E-state index contributed by atoms with van der Waals surface area (Å²) in [6.45, 7) is 5.61. The molecule has 29 heavy (non-hydrogen) atoms. The van der Waals surface area contributed by atoms with E-state index in [2.05, 4.69) is 10.0 Å². The van der Waals surface area contributed by atoms with E-state index in [9.17, 15) is 9.50 Å². The van der Waals surface area contributed by atoms with Gasteiger partial charge in [-0.25, -0.2) is 8.78 Å². The molecule has 2 aromatic carbocycles. The summed E-state index contributed by atoms with van der Waals surface area (Å²) in [7, 11) is 1.53. The number of aliphatic hydroxyl groups is 1. The summed E-state index contributed by atoms with van der Waals surface area (Å²) in [6, 6.07) is 6.41. The summed E-state index contributed by atoms with van der Waals surface area (Å²) < 4.78 is 38.2. The van der Waals surface area contributed by atoms with Crippen LogP contribution in [0.5, 0.6) is 5.75 Å². The summed E-state index contributed by atoms with van der Waals surface area (Å²) in [6.07, 6.45) is 2.93. The van der Waals surface area contributed by atoms with Gasteiger partial charge in [0.15, 0.2) is 5.82 Å². The Hall–Kier alpha value is -1.99. The van der Waals surface area contributed by atoms with Gasteiger partial charge in [0, 0.05) is 11.4 Å². The van der Waals surface area contributed by atoms with Crippen LogP contribution in [0.3, 0.4) is 0 Å². The number of halogens is 2. The van der Waals surface area contributed by atoms with Gasteiger partial charge < -0.3 is 19.9 Å². The topological polar surface area (TPSA) is 53.5 Å². The van der Waals surface area contributed by atoms with Gasteiger partial charge in [-0.05, 0) is 80.3 Å². The smallest absolute Gasteiger partial charge is 0.151 e. The van der Waals surface area contributed by atoms with Crippen LogP contribution in [0, 0.1) is 31.4 Å². The highest BCUT2D eigenvalue weighted by atomic mass is 32.2. The lowest BCUT2D eigenvalue weighted by Crippen LogP contribution is -2.15. The normalized spacial score (nSPS) is 15.7. The van der Waals surface area contributed by atoms with Crippen LogP contribution in [0.4, 0.5) is 25.8 Å². The molecule has 0 amide bonds. The minimum Gasteiger partial charge on any atom is -0.494 e. The molecule has 0 aliphatic heterocycles. The lowest BCUT2D eigenvalue weighted by Gasteiger charge is -2.23. The number of rotatable bonds is 9.